The van der Waals surface area contributed by atoms with Crippen molar-refractivity contribution < 1.29 is 0 Å². The lowest BCUT2D eigenvalue weighted by atomic mass is 9.70. The number of benzene rings is 6. The minimum atomic E-state index is -0.396. The third kappa shape index (κ3) is 2.09. The molecule has 2 nitrogen and oxygen atoms in total. The summed E-state index contributed by atoms with van der Waals surface area (Å²) in [7, 11) is 0. The van der Waals surface area contributed by atoms with Gasteiger partial charge in [-0.1, -0.05) is 115 Å². The number of nitrogens with zero attached hydrogens (tertiary/aromatic N) is 1. The second-order valence-corrected chi connectivity index (χ2v) is 11.2. The molecule has 0 bridgehead atoms. The van der Waals surface area contributed by atoms with Gasteiger partial charge < -0.3 is 0 Å². The van der Waals surface area contributed by atoms with E-state index in [1.54, 1.807) is 0 Å². The van der Waals surface area contributed by atoms with Gasteiger partial charge in [0.1, 0.15) is 0 Å². The van der Waals surface area contributed by atoms with Crippen LogP contribution in [0, 0.1) is 0 Å². The second-order valence-electron chi connectivity index (χ2n) is 11.2. The van der Waals surface area contributed by atoms with E-state index in [1.165, 1.54) is 49.9 Å². The molecule has 1 spiro atoms. The van der Waals surface area contributed by atoms with E-state index >= 15 is 0 Å². The van der Waals surface area contributed by atoms with Gasteiger partial charge in [-0.05, 0) is 62.0 Å². The largest absolute Gasteiger partial charge is 0.275 e. The van der Waals surface area contributed by atoms with Crippen LogP contribution in [0.5, 0.6) is 0 Å². The second kappa shape index (κ2) is 6.86. The Kier molecular flexibility index (Phi) is 3.55. The van der Waals surface area contributed by atoms with Crippen LogP contribution < -0.4 is 5.56 Å². The first kappa shape index (κ1) is 20.7. The Morgan fingerprint density at radius 2 is 1.00 bits per heavy atom. The molecular formula is C38H21NO. The number of fused-ring (bicyclic) bond motifs is 16. The molecule has 8 aromatic rings. The first-order chi connectivity index (χ1) is 19.8. The summed E-state index contributed by atoms with van der Waals surface area (Å²) >= 11 is 0. The predicted octanol–water partition coefficient (Wildman–Crippen LogP) is 8.54. The molecule has 2 heteroatoms. The molecule has 0 unspecified atom stereocenters. The number of para-hydroxylation sites is 1. The lowest BCUT2D eigenvalue weighted by Crippen LogP contribution is -2.25. The van der Waals surface area contributed by atoms with Gasteiger partial charge in [0, 0.05) is 21.5 Å². The van der Waals surface area contributed by atoms with Gasteiger partial charge in [0.25, 0.3) is 5.56 Å². The molecule has 6 aromatic carbocycles. The number of aromatic nitrogens is 1. The number of rotatable bonds is 0. The molecule has 184 valence electrons. The maximum absolute atomic E-state index is 14.1. The average Bonchev–Trinajstić information content (AvgIpc) is 3.62. The molecule has 2 aromatic heterocycles. The van der Waals surface area contributed by atoms with Crippen molar-refractivity contribution in [2.24, 2.45) is 0 Å². The molecule has 0 aliphatic heterocycles. The fraction of sp³-hybridized carbons (Fsp3) is 0.0263. The van der Waals surface area contributed by atoms with E-state index in [4.69, 9.17) is 0 Å². The van der Waals surface area contributed by atoms with Crippen LogP contribution in [-0.4, -0.2) is 4.40 Å². The summed E-state index contributed by atoms with van der Waals surface area (Å²) < 4.78 is 1.97. The van der Waals surface area contributed by atoms with Crippen molar-refractivity contribution in [1.29, 1.82) is 0 Å². The van der Waals surface area contributed by atoms with E-state index in [-0.39, 0.29) is 5.56 Å². The molecule has 0 N–H and O–H groups in total. The fourth-order valence-electron chi connectivity index (χ4n) is 8.19. The van der Waals surface area contributed by atoms with Gasteiger partial charge in [0.15, 0.2) is 0 Å². The highest BCUT2D eigenvalue weighted by atomic mass is 16.1. The summed E-state index contributed by atoms with van der Waals surface area (Å²) in [6.45, 7) is 0. The van der Waals surface area contributed by atoms with E-state index in [2.05, 4.69) is 109 Å². The van der Waals surface area contributed by atoms with E-state index in [1.807, 2.05) is 22.6 Å². The smallest absolute Gasteiger partial charge is 0.263 e. The van der Waals surface area contributed by atoms with E-state index in [9.17, 15) is 4.79 Å². The first-order valence-corrected chi connectivity index (χ1v) is 13.8. The van der Waals surface area contributed by atoms with E-state index in [0.29, 0.717) is 0 Å². The van der Waals surface area contributed by atoms with Gasteiger partial charge in [0.05, 0.1) is 16.4 Å². The Balaban J connectivity index is 1.48. The Morgan fingerprint density at radius 1 is 0.450 bits per heavy atom. The first-order valence-electron chi connectivity index (χ1n) is 13.8. The van der Waals surface area contributed by atoms with Gasteiger partial charge in [0.2, 0.25) is 0 Å². The molecule has 0 saturated heterocycles. The van der Waals surface area contributed by atoms with Crippen LogP contribution in [-0.2, 0) is 5.41 Å². The Morgan fingerprint density at radius 3 is 1.73 bits per heavy atom. The monoisotopic (exact) mass is 507 g/mol. The molecule has 40 heavy (non-hydrogen) atoms. The normalized spacial score (nSPS) is 14.3. The third-order valence-electron chi connectivity index (χ3n) is 9.56. The van der Waals surface area contributed by atoms with Crippen LogP contribution in [0.3, 0.4) is 0 Å². The van der Waals surface area contributed by atoms with Gasteiger partial charge in [-0.15, -0.1) is 0 Å². The SMILES string of the molecule is O=c1c2ccccc2c2cccc3c4c5c(ccc4n1c23)C1(c2ccccc2-c2ccccc21)c1ccccc1-5. The highest BCUT2D eigenvalue weighted by Crippen LogP contribution is 2.64. The minimum absolute atomic E-state index is 0.0480. The highest BCUT2D eigenvalue weighted by Gasteiger charge is 2.52. The Labute approximate surface area is 229 Å². The zero-order valence-corrected chi connectivity index (χ0v) is 21.5. The zero-order chi connectivity index (χ0) is 26.2. The topological polar surface area (TPSA) is 21.5 Å². The average molecular weight is 508 g/mol. The third-order valence-corrected chi connectivity index (χ3v) is 9.56. The molecular weight excluding hydrogens is 486 g/mol. The maximum Gasteiger partial charge on any atom is 0.263 e. The van der Waals surface area contributed by atoms with Crippen LogP contribution in [0.4, 0.5) is 0 Å². The number of pyridine rings is 1. The molecule has 0 radical (unpaired) electrons. The summed E-state index contributed by atoms with van der Waals surface area (Å²) in [6, 6.07) is 45.7. The lowest BCUT2D eigenvalue weighted by Gasteiger charge is -2.30. The van der Waals surface area contributed by atoms with Crippen molar-refractivity contribution in [3.8, 4) is 22.3 Å². The molecule has 10 rings (SSSR count). The summed E-state index contributed by atoms with van der Waals surface area (Å²) in [4.78, 5) is 14.1. The van der Waals surface area contributed by atoms with Crippen LogP contribution in [0.25, 0.3) is 60.2 Å². The number of hydrogen-bond donors (Lipinski definition) is 0. The summed E-state index contributed by atoms with van der Waals surface area (Å²) in [5, 5.41) is 5.20. The zero-order valence-electron chi connectivity index (χ0n) is 21.5. The highest BCUT2D eigenvalue weighted by molar-refractivity contribution is 6.24. The molecule has 0 fully saturated rings. The molecule has 2 aliphatic carbocycles. The van der Waals surface area contributed by atoms with Crippen LogP contribution >= 0.6 is 0 Å². The van der Waals surface area contributed by atoms with Gasteiger partial charge in [-0.25, -0.2) is 0 Å². The van der Waals surface area contributed by atoms with Crippen molar-refractivity contribution in [3.63, 3.8) is 0 Å². The van der Waals surface area contributed by atoms with Gasteiger partial charge >= 0.3 is 0 Å². The summed E-state index contributed by atoms with van der Waals surface area (Å²) in [6.07, 6.45) is 0. The summed E-state index contributed by atoms with van der Waals surface area (Å²) in [5.41, 5.74) is 12.0. The van der Waals surface area contributed by atoms with Crippen molar-refractivity contribution in [2.45, 2.75) is 5.41 Å². The predicted molar refractivity (Wildman–Crippen MR) is 164 cm³/mol. The Bertz CT molecular complexity index is 2420. The minimum Gasteiger partial charge on any atom is -0.275 e. The van der Waals surface area contributed by atoms with Crippen molar-refractivity contribution in [1.82, 2.24) is 4.40 Å². The van der Waals surface area contributed by atoms with Crippen LogP contribution in [0.1, 0.15) is 22.3 Å². The quantitative estimate of drug-likeness (QED) is 0.189. The van der Waals surface area contributed by atoms with Gasteiger partial charge in [-0.2, -0.15) is 0 Å². The number of hydrogen-bond acceptors (Lipinski definition) is 1. The fourth-order valence-corrected chi connectivity index (χ4v) is 8.19. The molecule has 0 amide bonds. The maximum atomic E-state index is 14.1. The molecule has 0 saturated carbocycles. The lowest BCUT2D eigenvalue weighted by molar-refractivity contribution is 0.794. The van der Waals surface area contributed by atoms with Crippen LogP contribution in [0.2, 0.25) is 0 Å². The molecule has 0 atom stereocenters. The molecule has 2 aliphatic rings. The van der Waals surface area contributed by atoms with Crippen molar-refractivity contribution >= 4 is 38.0 Å². The standard InChI is InChI=1S/C38H21NO/c40-37-26-13-2-1-10-22(26)25-15-9-16-28-35-33(39(37)36(25)28)21-20-32-34(35)27-14-5-8-19-31(27)38(32)29-17-6-3-11-23(29)24-12-4-7-18-30(24)38/h1-21H. The van der Waals surface area contributed by atoms with E-state index in [0.717, 1.165) is 32.6 Å². The van der Waals surface area contributed by atoms with Crippen molar-refractivity contribution in [2.75, 3.05) is 0 Å². The van der Waals surface area contributed by atoms with E-state index < -0.39 is 5.41 Å². The summed E-state index contributed by atoms with van der Waals surface area (Å²) in [5.74, 6) is 0. The Hall–Kier alpha value is -5.21. The van der Waals surface area contributed by atoms with Crippen LogP contribution in [0.15, 0.2) is 132 Å². The van der Waals surface area contributed by atoms with Crippen molar-refractivity contribution in [3.05, 3.63) is 160 Å². The molecule has 2 heterocycles. The van der Waals surface area contributed by atoms with Gasteiger partial charge in [-0.3, -0.25) is 9.20 Å².